The quantitative estimate of drug-likeness (QED) is 0.557. The molecule has 3 N–H and O–H groups in total. The van der Waals surface area contributed by atoms with Crippen molar-refractivity contribution in [1.82, 2.24) is 20.2 Å². The van der Waals surface area contributed by atoms with Crippen molar-refractivity contribution in [3.8, 4) is 6.07 Å². The van der Waals surface area contributed by atoms with Gasteiger partial charge in [0.15, 0.2) is 0 Å². The third-order valence-electron chi connectivity index (χ3n) is 6.94. The van der Waals surface area contributed by atoms with Crippen molar-refractivity contribution in [2.45, 2.75) is 26.2 Å². The molecule has 32 heavy (non-hydrogen) atoms. The van der Waals surface area contributed by atoms with E-state index in [1.54, 1.807) is 6.20 Å². The van der Waals surface area contributed by atoms with Crippen LogP contribution in [0.4, 0.5) is 11.4 Å². The van der Waals surface area contributed by atoms with Gasteiger partial charge in [-0.3, -0.25) is 9.88 Å². The molecule has 0 atom stereocenters. The summed E-state index contributed by atoms with van der Waals surface area (Å²) in [5.41, 5.74) is 7.06. The Labute approximate surface area is 189 Å². The summed E-state index contributed by atoms with van der Waals surface area (Å²) in [6.45, 7) is 7.61. The monoisotopic (exact) mass is 426 g/mol. The molecule has 1 fully saturated rings. The van der Waals surface area contributed by atoms with Crippen LogP contribution in [-0.2, 0) is 0 Å². The average molecular weight is 427 g/mol. The van der Waals surface area contributed by atoms with Gasteiger partial charge in [-0.05, 0) is 74.5 Å². The highest BCUT2D eigenvalue weighted by Gasteiger charge is 2.21. The summed E-state index contributed by atoms with van der Waals surface area (Å²) in [6, 6.07) is 8.59. The number of pyridine rings is 1. The Morgan fingerprint density at radius 3 is 2.88 bits per heavy atom. The highest BCUT2D eigenvalue weighted by atomic mass is 15.1. The zero-order chi connectivity index (χ0) is 21.9. The fourth-order valence-corrected chi connectivity index (χ4v) is 5.03. The first kappa shape index (κ1) is 20.7. The third kappa shape index (κ3) is 4.14. The zero-order valence-electron chi connectivity index (χ0n) is 18.6. The number of anilines is 2. The molecule has 0 aliphatic carbocycles. The molecule has 5 rings (SSSR count). The molecule has 0 radical (unpaired) electrons. The summed E-state index contributed by atoms with van der Waals surface area (Å²) in [5, 5.41) is 18.0. The second-order valence-corrected chi connectivity index (χ2v) is 8.96. The minimum Gasteiger partial charge on any atom is -0.361 e. The molecule has 6 heteroatoms. The standard InChI is InChI=1S/C26H30N6/c1-18-22-6-11-30-25(22)3-2-24(18)31-26-21(14-27)15-29-16-23(26)20-7-12-32(13-8-20)17-19-4-9-28-10-5-19/h2-3,6-7,11,15-16,19,28,30H,4-5,8-10,12-13,17H2,1H3,(H,29,31). The van der Waals surface area contributed by atoms with E-state index in [2.05, 4.69) is 62.8 Å². The van der Waals surface area contributed by atoms with Gasteiger partial charge in [0.2, 0.25) is 0 Å². The van der Waals surface area contributed by atoms with Crippen LogP contribution in [-0.4, -0.2) is 47.6 Å². The number of piperidine rings is 1. The molecule has 164 valence electrons. The number of hydrogen-bond acceptors (Lipinski definition) is 5. The minimum atomic E-state index is 0.578. The predicted molar refractivity (Wildman–Crippen MR) is 130 cm³/mol. The fourth-order valence-electron chi connectivity index (χ4n) is 5.03. The van der Waals surface area contributed by atoms with E-state index in [1.165, 1.54) is 35.9 Å². The Kier molecular flexibility index (Phi) is 5.93. The molecule has 2 aromatic heterocycles. The van der Waals surface area contributed by atoms with E-state index in [0.29, 0.717) is 5.56 Å². The van der Waals surface area contributed by atoms with Gasteiger partial charge in [0.05, 0.1) is 11.3 Å². The molecule has 1 saturated heterocycles. The van der Waals surface area contributed by atoms with Crippen molar-refractivity contribution in [3.05, 3.63) is 59.6 Å². The topological polar surface area (TPSA) is 79.8 Å². The summed E-state index contributed by atoms with van der Waals surface area (Å²) in [6.07, 6.45) is 11.4. The number of rotatable bonds is 5. The third-order valence-corrected chi connectivity index (χ3v) is 6.94. The fraction of sp³-hybridized carbons (Fsp3) is 0.385. The number of nitrogens with zero attached hydrogens (tertiary/aromatic N) is 3. The van der Waals surface area contributed by atoms with Crippen molar-refractivity contribution >= 4 is 27.9 Å². The maximum atomic E-state index is 9.78. The smallest absolute Gasteiger partial charge is 0.103 e. The lowest BCUT2D eigenvalue weighted by molar-refractivity contribution is 0.221. The Bertz CT molecular complexity index is 1180. The highest BCUT2D eigenvalue weighted by Crippen LogP contribution is 2.35. The molecule has 0 saturated carbocycles. The summed E-state index contributed by atoms with van der Waals surface area (Å²) < 4.78 is 0. The lowest BCUT2D eigenvalue weighted by Gasteiger charge is -2.32. The maximum Gasteiger partial charge on any atom is 0.103 e. The van der Waals surface area contributed by atoms with Crippen LogP contribution in [0.3, 0.4) is 0 Å². The molecule has 0 amide bonds. The molecule has 1 aromatic carbocycles. The van der Waals surface area contributed by atoms with E-state index in [9.17, 15) is 5.26 Å². The Morgan fingerprint density at radius 2 is 2.09 bits per heavy atom. The van der Waals surface area contributed by atoms with Crippen molar-refractivity contribution in [2.24, 2.45) is 5.92 Å². The van der Waals surface area contributed by atoms with Gasteiger partial charge in [0, 0.05) is 60.4 Å². The lowest BCUT2D eigenvalue weighted by Crippen LogP contribution is -2.38. The van der Waals surface area contributed by atoms with Crippen LogP contribution in [0.2, 0.25) is 0 Å². The van der Waals surface area contributed by atoms with E-state index in [-0.39, 0.29) is 0 Å². The number of nitrogens with one attached hydrogen (secondary N) is 3. The molecular formula is C26H30N6. The number of aryl methyl sites for hydroxylation is 1. The summed E-state index contributed by atoms with van der Waals surface area (Å²) >= 11 is 0. The van der Waals surface area contributed by atoms with Gasteiger partial charge in [-0.1, -0.05) is 6.08 Å². The van der Waals surface area contributed by atoms with Crippen molar-refractivity contribution in [2.75, 3.05) is 38.0 Å². The number of aromatic nitrogens is 2. The van der Waals surface area contributed by atoms with Crippen molar-refractivity contribution in [1.29, 1.82) is 5.26 Å². The summed E-state index contributed by atoms with van der Waals surface area (Å²) in [4.78, 5) is 10.2. The molecule has 4 heterocycles. The van der Waals surface area contributed by atoms with Crippen LogP contribution in [0.15, 0.2) is 42.9 Å². The SMILES string of the molecule is Cc1c(Nc2c(C#N)cncc2C2=CCN(CC3CCNCC3)CC2)ccc2[nH]ccc12. The Morgan fingerprint density at radius 1 is 1.22 bits per heavy atom. The molecule has 0 bridgehead atoms. The molecule has 6 nitrogen and oxygen atoms in total. The first-order valence-electron chi connectivity index (χ1n) is 11.6. The summed E-state index contributed by atoms with van der Waals surface area (Å²) in [7, 11) is 0. The molecule has 3 aromatic rings. The number of H-pyrrole nitrogens is 1. The molecule has 2 aliphatic rings. The van der Waals surface area contributed by atoms with E-state index < -0.39 is 0 Å². The number of hydrogen-bond donors (Lipinski definition) is 3. The molecular weight excluding hydrogens is 396 g/mol. The number of nitriles is 1. The van der Waals surface area contributed by atoms with E-state index in [4.69, 9.17) is 0 Å². The van der Waals surface area contributed by atoms with Gasteiger partial charge in [-0.25, -0.2) is 0 Å². The van der Waals surface area contributed by atoms with E-state index >= 15 is 0 Å². The van der Waals surface area contributed by atoms with Crippen LogP contribution in [0.5, 0.6) is 0 Å². The van der Waals surface area contributed by atoms with Crippen LogP contribution in [0, 0.1) is 24.2 Å². The molecule has 0 unspecified atom stereocenters. The van der Waals surface area contributed by atoms with Gasteiger partial charge in [-0.15, -0.1) is 0 Å². The van der Waals surface area contributed by atoms with Crippen LogP contribution in [0.1, 0.15) is 36.0 Å². The largest absolute Gasteiger partial charge is 0.361 e. The average Bonchev–Trinajstić information content (AvgIpc) is 3.32. The molecule has 2 aliphatic heterocycles. The normalized spacial score (nSPS) is 17.8. The van der Waals surface area contributed by atoms with Gasteiger partial charge in [0.25, 0.3) is 0 Å². The maximum absolute atomic E-state index is 9.78. The first-order chi connectivity index (χ1) is 15.7. The van der Waals surface area contributed by atoms with Crippen molar-refractivity contribution in [3.63, 3.8) is 0 Å². The predicted octanol–water partition coefficient (Wildman–Crippen LogP) is 4.58. The summed E-state index contributed by atoms with van der Waals surface area (Å²) in [5.74, 6) is 0.804. The van der Waals surface area contributed by atoms with Gasteiger partial charge >= 0.3 is 0 Å². The highest BCUT2D eigenvalue weighted by molar-refractivity contribution is 5.90. The van der Waals surface area contributed by atoms with E-state index in [0.717, 1.165) is 61.0 Å². The second kappa shape index (κ2) is 9.15. The Hall–Kier alpha value is -3.14. The molecule has 0 spiro atoms. The van der Waals surface area contributed by atoms with E-state index in [1.807, 2.05) is 12.4 Å². The Balaban J connectivity index is 1.40. The number of benzene rings is 1. The van der Waals surface area contributed by atoms with Crippen molar-refractivity contribution < 1.29 is 0 Å². The second-order valence-electron chi connectivity index (χ2n) is 8.96. The number of aromatic amines is 1. The lowest BCUT2D eigenvalue weighted by atomic mass is 9.94. The van der Waals surface area contributed by atoms with Gasteiger partial charge in [-0.2, -0.15) is 5.26 Å². The first-order valence-corrected chi connectivity index (χ1v) is 11.6. The minimum absolute atomic E-state index is 0.578. The number of fused-ring (bicyclic) bond motifs is 1. The van der Waals surface area contributed by atoms with Gasteiger partial charge < -0.3 is 15.6 Å². The zero-order valence-corrected chi connectivity index (χ0v) is 18.6. The van der Waals surface area contributed by atoms with Crippen LogP contribution >= 0.6 is 0 Å². The van der Waals surface area contributed by atoms with Gasteiger partial charge in [0.1, 0.15) is 6.07 Å². The van der Waals surface area contributed by atoms with Crippen LogP contribution in [0.25, 0.3) is 16.5 Å². The van der Waals surface area contributed by atoms with Crippen LogP contribution < -0.4 is 10.6 Å².